The van der Waals surface area contributed by atoms with E-state index < -0.39 is 11.7 Å². The smallest absolute Gasteiger partial charge is 0.343 e. The van der Waals surface area contributed by atoms with Crippen LogP contribution in [0.15, 0.2) is 48.1 Å². The first-order valence-electron chi connectivity index (χ1n) is 13.9. The Morgan fingerprint density at radius 2 is 1.67 bits per heavy atom. The molecule has 2 atom stereocenters. The van der Waals surface area contributed by atoms with Crippen molar-refractivity contribution in [2.45, 2.75) is 77.7 Å². The third-order valence-electron chi connectivity index (χ3n) is 8.26. The molecule has 9 heteroatoms. The Labute approximate surface area is 229 Å². The molecule has 3 amide bonds. The number of likely N-dealkylation sites (tertiary alicyclic amines) is 1. The fourth-order valence-electron chi connectivity index (χ4n) is 5.98. The van der Waals surface area contributed by atoms with Gasteiger partial charge in [0.15, 0.2) is 0 Å². The van der Waals surface area contributed by atoms with Crippen LogP contribution in [-0.2, 0) is 11.0 Å². The maximum absolute atomic E-state index is 13.5. The summed E-state index contributed by atoms with van der Waals surface area (Å²) < 4.78 is 39.8. The summed E-state index contributed by atoms with van der Waals surface area (Å²) in [5.41, 5.74) is 1.16. The average molecular weight is 547 g/mol. The van der Waals surface area contributed by atoms with E-state index in [-0.39, 0.29) is 35.5 Å². The minimum absolute atomic E-state index is 0.0332. The molecule has 0 aromatic heterocycles. The molecule has 0 spiro atoms. The fourth-order valence-corrected chi connectivity index (χ4v) is 5.98. The van der Waals surface area contributed by atoms with Crippen LogP contribution >= 0.6 is 0 Å². The number of hydrogen-bond acceptors (Lipinski definition) is 3. The predicted molar refractivity (Wildman–Crippen MR) is 146 cm³/mol. The van der Waals surface area contributed by atoms with Crippen LogP contribution in [0.5, 0.6) is 0 Å². The molecule has 1 aromatic rings. The quantitative estimate of drug-likeness (QED) is 0.521. The zero-order valence-corrected chi connectivity index (χ0v) is 23.4. The number of halogens is 3. The van der Waals surface area contributed by atoms with Crippen molar-refractivity contribution in [3.05, 3.63) is 59.2 Å². The first-order valence-corrected chi connectivity index (χ1v) is 13.9. The molecule has 2 heterocycles. The molecule has 0 radical (unpaired) electrons. The number of rotatable bonds is 4. The van der Waals surface area contributed by atoms with Gasteiger partial charge in [-0.25, -0.2) is 4.79 Å². The van der Waals surface area contributed by atoms with Gasteiger partial charge in [-0.2, -0.15) is 13.2 Å². The molecule has 214 valence electrons. The van der Waals surface area contributed by atoms with Gasteiger partial charge >= 0.3 is 12.2 Å². The number of allylic oxidation sites excluding steroid dienone is 3. The van der Waals surface area contributed by atoms with Crippen LogP contribution in [0.3, 0.4) is 0 Å². The normalized spacial score (nSPS) is 22.4. The van der Waals surface area contributed by atoms with E-state index in [2.05, 4.69) is 43.1 Å². The highest BCUT2D eigenvalue weighted by molar-refractivity contribution is 5.75. The van der Waals surface area contributed by atoms with Crippen LogP contribution in [-0.4, -0.2) is 71.4 Å². The van der Waals surface area contributed by atoms with Gasteiger partial charge in [-0.3, -0.25) is 9.69 Å². The van der Waals surface area contributed by atoms with Gasteiger partial charge in [0, 0.05) is 45.7 Å². The molecule has 0 saturated carbocycles. The Kier molecular flexibility index (Phi) is 8.78. The maximum Gasteiger partial charge on any atom is 0.416 e. The Balaban J connectivity index is 1.53. The van der Waals surface area contributed by atoms with E-state index in [1.807, 2.05) is 15.9 Å². The maximum atomic E-state index is 13.5. The highest BCUT2D eigenvalue weighted by atomic mass is 19.4. The fraction of sp³-hybridized carbons (Fsp3) is 0.600. The first-order chi connectivity index (χ1) is 18.3. The summed E-state index contributed by atoms with van der Waals surface area (Å²) >= 11 is 0. The lowest BCUT2D eigenvalue weighted by atomic mass is 9.82. The van der Waals surface area contributed by atoms with Crippen molar-refractivity contribution in [2.75, 3.05) is 32.7 Å². The third-order valence-corrected chi connectivity index (χ3v) is 8.26. The molecule has 1 aromatic carbocycles. The van der Waals surface area contributed by atoms with Crippen LogP contribution in [0, 0.1) is 5.41 Å². The number of piperidine rings is 1. The summed E-state index contributed by atoms with van der Waals surface area (Å²) in [6.45, 7) is 11.0. The SMILES string of the molecule is CC(=O)N1CCC(NC(=O)N2CCN(C(C3=CC=CCC3)c3ccc(C(F)(F)F)cc3)C[C@@H]2C(C)(C)C)CC1. The molecule has 3 aliphatic rings. The van der Waals surface area contributed by atoms with Gasteiger partial charge < -0.3 is 15.1 Å². The molecule has 6 nitrogen and oxygen atoms in total. The molecule has 1 N–H and O–H groups in total. The predicted octanol–water partition coefficient (Wildman–Crippen LogP) is 5.78. The summed E-state index contributed by atoms with van der Waals surface area (Å²) in [6, 6.07) is 5.26. The van der Waals surface area contributed by atoms with E-state index in [0.717, 1.165) is 31.2 Å². The topological polar surface area (TPSA) is 55.9 Å². The number of nitrogens with zero attached hydrogens (tertiary/aromatic N) is 3. The number of alkyl halides is 3. The monoisotopic (exact) mass is 546 g/mol. The van der Waals surface area contributed by atoms with Crippen LogP contribution in [0.25, 0.3) is 0 Å². The lowest BCUT2D eigenvalue weighted by molar-refractivity contribution is -0.137. The minimum atomic E-state index is -4.38. The number of piperazine rings is 1. The molecule has 1 unspecified atom stereocenters. The highest BCUT2D eigenvalue weighted by Crippen LogP contribution is 2.38. The third kappa shape index (κ3) is 7.04. The number of urea groups is 1. The van der Waals surface area contributed by atoms with Gasteiger partial charge in [0.1, 0.15) is 0 Å². The van der Waals surface area contributed by atoms with Crippen molar-refractivity contribution in [1.29, 1.82) is 0 Å². The van der Waals surface area contributed by atoms with Crippen molar-refractivity contribution in [1.82, 2.24) is 20.0 Å². The number of nitrogens with one attached hydrogen (secondary N) is 1. The summed E-state index contributed by atoms with van der Waals surface area (Å²) in [4.78, 5) is 31.3. The number of amides is 3. The van der Waals surface area contributed by atoms with Crippen molar-refractivity contribution in [3.63, 3.8) is 0 Å². The van der Waals surface area contributed by atoms with Crippen molar-refractivity contribution >= 4 is 11.9 Å². The van der Waals surface area contributed by atoms with Crippen molar-refractivity contribution in [3.8, 4) is 0 Å². The van der Waals surface area contributed by atoms with Gasteiger partial charge in [0.25, 0.3) is 0 Å². The zero-order chi connectivity index (χ0) is 28.4. The van der Waals surface area contributed by atoms with Gasteiger partial charge in [-0.1, -0.05) is 51.1 Å². The second-order valence-electron chi connectivity index (χ2n) is 12.0. The molecule has 2 saturated heterocycles. The van der Waals surface area contributed by atoms with Crippen LogP contribution < -0.4 is 5.32 Å². The summed E-state index contributed by atoms with van der Waals surface area (Å²) in [5, 5.41) is 3.21. The lowest BCUT2D eigenvalue weighted by Gasteiger charge is -2.50. The summed E-state index contributed by atoms with van der Waals surface area (Å²) in [7, 11) is 0. The van der Waals surface area contributed by atoms with E-state index >= 15 is 0 Å². The van der Waals surface area contributed by atoms with Crippen LogP contribution in [0.1, 0.15) is 70.5 Å². The first kappa shape index (κ1) is 29.2. The van der Waals surface area contributed by atoms with Crippen molar-refractivity contribution < 1.29 is 22.8 Å². The second kappa shape index (κ2) is 11.7. The van der Waals surface area contributed by atoms with Gasteiger partial charge in [-0.05, 0) is 54.4 Å². The number of benzene rings is 1. The average Bonchev–Trinajstić information content (AvgIpc) is 2.89. The van der Waals surface area contributed by atoms with E-state index in [9.17, 15) is 22.8 Å². The Bertz CT molecular complexity index is 1080. The Hall–Kier alpha value is -2.81. The van der Waals surface area contributed by atoms with Gasteiger partial charge in [0.2, 0.25) is 5.91 Å². The van der Waals surface area contributed by atoms with Crippen molar-refractivity contribution in [2.24, 2.45) is 5.41 Å². The number of carbonyl (C=O) groups excluding carboxylic acids is 2. The van der Waals surface area contributed by atoms with E-state index in [1.165, 1.54) is 17.7 Å². The summed E-state index contributed by atoms with van der Waals surface area (Å²) in [5.74, 6) is 0.0647. The van der Waals surface area contributed by atoms with Gasteiger partial charge in [-0.15, -0.1) is 0 Å². The molecular weight excluding hydrogens is 505 g/mol. The van der Waals surface area contributed by atoms with E-state index in [4.69, 9.17) is 0 Å². The lowest BCUT2D eigenvalue weighted by Crippen LogP contribution is -2.63. The minimum Gasteiger partial charge on any atom is -0.343 e. The van der Waals surface area contributed by atoms with E-state index in [1.54, 1.807) is 19.1 Å². The molecule has 2 aliphatic heterocycles. The van der Waals surface area contributed by atoms with Crippen LogP contribution in [0.2, 0.25) is 0 Å². The second-order valence-corrected chi connectivity index (χ2v) is 12.0. The molecule has 0 bridgehead atoms. The van der Waals surface area contributed by atoms with E-state index in [0.29, 0.717) is 32.7 Å². The molecule has 1 aliphatic carbocycles. The number of carbonyl (C=O) groups is 2. The summed E-state index contributed by atoms with van der Waals surface area (Å²) in [6.07, 6.45) is 5.07. The largest absolute Gasteiger partial charge is 0.416 e. The standard InChI is InChI=1S/C30H41F3N4O2/c1-21(38)35-16-14-25(15-17-35)34-28(39)37-19-18-36(20-26(37)29(2,3)4)27(22-8-6-5-7-9-22)23-10-12-24(13-11-23)30(31,32)33/h5-6,8,10-13,25-27H,7,9,14-20H2,1-4H3,(H,34,39)/t26-,27?/m1/s1. The Morgan fingerprint density at radius 3 is 2.21 bits per heavy atom. The highest BCUT2D eigenvalue weighted by Gasteiger charge is 2.41. The molecule has 39 heavy (non-hydrogen) atoms. The van der Waals surface area contributed by atoms with Crippen LogP contribution in [0.4, 0.5) is 18.0 Å². The van der Waals surface area contributed by atoms with Gasteiger partial charge in [0.05, 0.1) is 17.6 Å². The Morgan fingerprint density at radius 1 is 1.00 bits per heavy atom. The molecular formula is C30H41F3N4O2. The zero-order valence-electron chi connectivity index (χ0n) is 23.4. The molecule has 4 rings (SSSR count). The molecule has 2 fully saturated rings. The number of hydrogen-bond donors (Lipinski definition) is 1.